The molecule has 0 aromatic carbocycles. The second-order valence-corrected chi connectivity index (χ2v) is 5.23. The fourth-order valence-electron chi connectivity index (χ4n) is 1.22. The fourth-order valence-corrected chi connectivity index (χ4v) is 2.24. The molecule has 0 aliphatic carbocycles. The topological polar surface area (TPSA) is 42.0 Å². The third-order valence-corrected chi connectivity index (χ3v) is 3.41. The maximum absolute atomic E-state index is 11.9. The molecule has 0 radical (unpaired) electrons. The van der Waals surface area contributed by atoms with Gasteiger partial charge in [0.2, 0.25) is 0 Å². The van der Waals surface area contributed by atoms with Gasteiger partial charge in [0.05, 0.1) is 5.56 Å². The first-order valence-corrected chi connectivity index (χ1v) is 7.24. The molecule has 5 heteroatoms. The number of hydrogen-bond donors (Lipinski definition) is 1. The summed E-state index contributed by atoms with van der Waals surface area (Å²) in [6.45, 7) is 2.01. The molecule has 16 heavy (non-hydrogen) atoms. The van der Waals surface area contributed by atoms with Crippen LogP contribution in [-0.2, 0) is 0 Å². The summed E-state index contributed by atoms with van der Waals surface area (Å²) in [4.78, 5) is 15.9. The zero-order valence-electron chi connectivity index (χ0n) is 9.37. The Bertz CT molecular complexity index is 360. The van der Waals surface area contributed by atoms with Crippen LogP contribution >= 0.6 is 27.7 Å². The van der Waals surface area contributed by atoms with Crippen molar-refractivity contribution >= 4 is 33.6 Å². The molecule has 0 aliphatic heterocycles. The van der Waals surface area contributed by atoms with Crippen molar-refractivity contribution < 1.29 is 4.79 Å². The first-order valence-electron chi connectivity index (χ1n) is 5.05. The molecule has 0 bridgehead atoms. The van der Waals surface area contributed by atoms with Crippen molar-refractivity contribution in [3.05, 3.63) is 28.5 Å². The largest absolute Gasteiger partial charge is 0.349 e. The molecule has 1 amide bonds. The molecule has 1 N–H and O–H groups in total. The van der Waals surface area contributed by atoms with Crippen LogP contribution in [0.4, 0.5) is 0 Å². The third kappa shape index (κ3) is 4.14. The molecule has 1 heterocycles. The highest BCUT2D eigenvalue weighted by Gasteiger charge is 2.12. The van der Waals surface area contributed by atoms with E-state index in [0.717, 1.165) is 12.2 Å². The van der Waals surface area contributed by atoms with Crippen molar-refractivity contribution in [2.45, 2.75) is 19.4 Å². The monoisotopic (exact) mass is 302 g/mol. The van der Waals surface area contributed by atoms with Crippen LogP contribution in [0.3, 0.4) is 0 Å². The average molecular weight is 303 g/mol. The van der Waals surface area contributed by atoms with Gasteiger partial charge in [-0.15, -0.1) is 0 Å². The van der Waals surface area contributed by atoms with Gasteiger partial charge in [-0.05, 0) is 53.4 Å². The maximum atomic E-state index is 11.9. The highest BCUT2D eigenvalue weighted by Crippen LogP contribution is 2.12. The number of nitrogens with one attached hydrogen (secondary N) is 1. The lowest BCUT2D eigenvalue weighted by Gasteiger charge is -2.13. The Morgan fingerprint density at radius 1 is 1.69 bits per heavy atom. The Hall–Kier alpha value is -0.550. The van der Waals surface area contributed by atoms with Gasteiger partial charge >= 0.3 is 0 Å². The number of halogens is 1. The zero-order valence-corrected chi connectivity index (χ0v) is 11.8. The minimum atomic E-state index is -0.0754. The van der Waals surface area contributed by atoms with Gasteiger partial charge in [-0.3, -0.25) is 4.79 Å². The van der Waals surface area contributed by atoms with Gasteiger partial charge in [0.1, 0.15) is 4.60 Å². The van der Waals surface area contributed by atoms with Crippen LogP contribution in [0.2, 0.25) is 0 Å². The predicted octanol–water partition coefficient (Wildman–Crippen LogP) is 2.72. The predicted molar refractivity (Wildman–Crippen MR) is 71.9 cm³/mol. The lowest BCUT2D eigenvalue weighted by atomic mass is 10.2. The molecule has 1 atom stereocenters. The third-order valence-electron chi connectivity index (χ3n) is 2.14. The molecule has 3 nitrogen and oxygen atoms in total. The van der Waals surface area contributed by atoms with Crippen molar-refractivity contribution in [3.8, 4) is 0 Å². The van der Waals surface area contributed by atoms with Crippen molar-refractivity contribution in [2.75, 3.05) is 12.0 Å². The maximum Gasteiger partial charge on any atom is 0.254 e. The molecule has 1 unspecified atom stereocenters. The van der Waals surface area contributed by atoms with Gasteiger partial charge in [-0.25, -0.2) is 4.98 Å². The molecule has 0 saturated carbocycles. The van der Waals surface area contributed by atoms with E-state index in [-0.39, 0.29) is 11.9 Å². The van der Waals surface area contributed by atoms with Crippen LogP contribution in [0.25, 0.3) is 0 Å². The van der Waals surface area contributed by atoms with E-state index in [4.69, 9.17) is 0 Å². The standard InChI is InChI=1S/C11H15BrN2OS/c1-8(5-7-16-2)14-11(15)9-4-3-6-13-10(9)12/h3-4,6,8H,5,7H2,1-2H3,(H,14,15). The number of carbonyl (C=O) groups excluding carboxylic acids is 1. The molecule has 0 spiro atoms. The summed E-state index contributed by atoms with van der Waals surface area (Å²) in [5, 5.41) is 2.95. The normalized spacial score (nSPS) is 12.2. The number of aromatic nitrogens is 1. The lowest BCUT2D eigenvalue weighted by Crippen LogP contribution is -2.33. The number of hydrogen-bond acceptors (Lipinski definition) is 3. The Morgan fingerprint density at radius 2 is 2.44 bits per heavy atom. The van der Waals surface area contributed by atoms with E-state index >= 15 is 0 Å². The summed E-state index contributed by atoms with van der Waals surface area (Å²) in [7, 11) is 0. The Labute approximate surface area is 109 Å². The fraction of sp³-hybridized carbons (Fsp3) is 0.455. The summed E-state index contributed by atoms with van der Waals surface area (Å²) >= 11 is 5.05. The van der Waals surface area contributed by atoms with Gasteiger partial charge in [-0.2, -0.15) is 11.8 Å². The van der Waals surface area contributed by atoms with Crippen LogP contribution in [0, 0.1) is 0 Å². The smallest absolute Gasteiger partial charge is 0.254 e. The quantitative estimate of drug-likeness (QED) is 0.851. The number of amides is 1. The lowest BCUT2D eigenvalue weighted by molar-refractivity contribution is 0.0938. The van der Waals surface area contributed by atoms with Gasteiger partial charge in [0.15, 0.2) is 0 Å². The number of pyridine rings is 1. The first-order chi connectivity index (χ1) is 7.65. The summed E-state index contributed by atoms with van der Waals surface area (Å²) in [6.07, 6.45) is 4.69. The molecular weight excluding hydrogens is 288 g/mol. The first kappa shape index (κ1) is 13.5. The van der Waals surface area contributed by atoms with Crippen LogP contribution in [0.5, 0.6) is 0 Å². The Kier molecular flexibility index (Phi) is 5.84. The number of rotatable bonds is 5. The summed E-state index contributed by atoms with van der Waals surface area (Å²) in [6, 6.07) is 3.70. The Morgan fingerprint density at radius 3 is 3.06 bits per heavy atom. The molecule has 0 saturated heterocycles. The van der Waals surface area contributed by atoms with E-state index < -0.39 is 0 Å². The van der Waals surface area contributed by atoms with Crippen LogP contribution in [0.15, 0.2) is 22.9 Å². The van der Waals surface area contributed by atoms with Gasteiger partial charge in [0.25, 0.3) is 5.91 Å². The average Bonchev–Trinajstić information content (AvgIpc) is 2.26. The van der Waals surface area contributed by atoms with E-state index in [0.29, 0.717) is 10.2 Å². The molecular formula is C11H15BrN2OS. The minimum absolute atomic E-state index is 0.0754. The van der Waals surface area contributed by atoms with E-state index in [1.54, 1.807) is 30.1 Å². The second-order valence-electron chi connectivity index (χ2n) is 3.50. The SMILES string of the molecule is CSCCC(C)NC(=O)c1cccnc1Br. The highest BCUT2D eigenvalue weighted by atomic mass is 79.9. The molecule has 88 valence electrons. The van der Waals surface area contributed by atoms with Gasteiger partial charge in [0, 0.05) is 12.2 Å². The van der Waals surface area contributed by atoms with E-state index in [1.807, 2.05) is 6.92 Å². The molecule has 1 aromatic rings. The summed E-state index contributed by atoms with van der Waals surface area (Å²) in [5.41, 5.74) is 0.582. The van der Waals surface area contributed by atoms with Crippen molar-refractivity contribution in [1.29, 1.82) is 0 Å². The number of carbonyl (C=O) groups is 1. The van der Waals surface area contributed by atoms with Crippen molar-refractivity contribution in [3.63, 3.8) is 0 Å². The number of nitrogens with zero attached hydrogens (tertiary/aromatic N) is 1. The molecule has 0 aliphatic rings. The molecule has 1 rings (SSSR count). The minimum Gasteiger partial charge on any atom is -0.349 e. The summed E-state index contributed by atoms with van der Waals surface area (Å²) < 4.78 is 0.588. The van der Waals surface area contributed by atoms with E-state index in [2.05, 4.69) is 32.5 Å². The van der Waals surface area contributed by atoms with Crippen molar-refractivity contribution in [2.24, 2.45) is 0 Å². The number of thioether (sulfide) groups is 1. The van der Waals surface area contributed by atoms with Crippen LogP contribution in [-0.4, -0.2) is 28.9 Å². The zero-order chi connectivity index (χ0) is 12.0. The highest BCUT2D eigenvalue weighted by molar-refractivity contribution is 9.10. The van der Waals surface area contributed by atoms with Crippen LogP contribution in [0.1, 0.15) is 23.7 Å². The van der Waals surface area contributed by atoms with E-state index in [1.165, 1.54) is 0 Å². The Balaban J connectivity index is 2.56. The van der Waals surface area contributed by atoms with Crippen LogP contribution < -0.4 is 5.32 Å². The molecule has 1 aromatic heterocycles. The molecule has 0 fully saturated rings. The summed E-state index contributed by atoms with van der Waals surface area (Å²) in [5.74, 6) is 0.976. The van der Waals surface area contributed by atoms with Gasteiger partial charge in [-0.1, -0.05) is 0 Å². The van der Waals surface area contributed by atoms with E-state index in [9.17, 15) is 4.79 Å². The second kappa shape index (κ2) is 6.91. The van der Waals surface area contributed by atoms with Gasteiger partial charge < -0.3 is 5.32 Å². The van der Waals surface area contributed by atoms with Crippen molar-refractivity contribution in [1.82, 2.24) is 10.3 Å².